The van der Waals surface area contributed by atoms with Crippen molar-refractivity contribution >= 4 is 182 Å². The summed E-state index contributed by atoms with van der Waals surface area (Å²) in [6.45, 7) is 0. The van der Waals surface area contributed by atoms with Gasteiger partial charge in [-0.25, -0.2) is 0 Å². The Morgan fingerprint density at radius 2 is 0.595 bits per heavy atom. The first-order chi connectivity index (χ1) is 36.6. The maximum Gasteiger partial charge on any atom is 0.0617 e. The Balaban J connectivity index is 0.947. The number of para-hydroxylation sites is 4. The van der Waals surface area contributed by atoms with E-state index >= 15 is 0 Å². The molecular weight excluding hydrogens is 1070 g/mol. The van der Waals surface area contributed by atoms with Crippen LogP contribution in [0.1, 0.15) is 0 Å². The Hall–Kier alpha value is -7.98. The van der Waals surface area contributed by atoms with Crippen molar-refractivity contribution in [3.05, 3.63) is 227 Å². The monoisotopic (exact) mass is 1110 g/mol. The largest absolute Gasteiger partial charge is 0.309 e. The van der Waals surface area contributed by atoms with Gasteiger partial charge in [0, 0.05) is 104 Å². The molecule has 17 aromatic rings. The fourth-order valence-electron chi connectivity index (χ4n) is 12.6. The normalized spacial score (nSPS) is 12.5. The number of fused-ring (bicyclic) bond motifs is 20. The van der Waals surface area contributed by atoms with Crippen LogP contribution in [0.2, 0.25) is 0 Å². The van der Waals surface area contributed by atoms with Crippen LogP contribution in [-0.4, -0.2) is 18.3 Å². The van der Waals surface area contributed by atoms with Crippen molar-refractivity contribution in [1.82, 2.24) is 18.3 Å². The van der Waals surface area contributed by atoms with Crippen LogP contribution < -0.4 is 0 Å². The summed E-state index contributed by atoms with van der Waals surface area (Å²) in [5.41, 5.74) is 13.7. The molecule has 74 heavy (non-hydrogen) atoms. The fraction of sp³-hybridized carbons (Fsp3) is 0. The molecule has 4 nitrogen and oxygen atoms in total. The van der Waals surface area contributed by atoms with Crippen LogP contribution in [0.15, 0.2) is 227 Å². The maximum absolute atomic E-state index is 4.29. The number of nitrogens with zero attached hydrogens (tertiary/aromatic N) is 4. The molecule has 0 aliphatic rings. The summed E-state index contributed by atoms with van der Waals surface area (Å²) >= 11 is 12.4. The molecule has 0 saturated heterocycles. The highest BCUT2D eigenvalue weighted by Gasteiger charge is 2.25. The predicted molar refractivity (Wildman–Crippen MR) is 325 cm³/mol. The van der Waals surface area contributed by atoms with Crippen molar-refractivity contribution < 1.29 is 0 Å². The maximum atomic E-state index is 4.29. The first-order valence-electron chi connectivity index (χ1n) is 24.8. The van der Waals surface area contributed by atoms with E-state index in [1.54, 1.807) is 0 Å². The van der Waals surface area contributed by atoms with E-state index in [-0.39, 0.29) is 0 Å². The van der Waals surface area contributed by atoms with E-state index < -0.39 is 0 Å². The van der Waals surface area contributed by atoms with Crippen molar-refractivity contribution in [1.29, 1.82) is 0 Å². The van der Waals surface area contributed by atoms with Gasteiger partial charge in [-0.05, 0) is 117 Å². The Kier molecular flexibility index (Phi) is 8.57. The van der Waals surface area contributed by atoms with Gasteiger partial charge < -0.3 is 18.3 Å². The number of halogens is 2. The van der Waals surface area contributed by atoms with Crippen molar-refractivity contribution in [3.8, 4) is 22.7 Å². The third-order valence-corrected chi connectivity index (χ3v) is 19.4. The molecule has 6 heterocycles. The van der Waals surface area contributed by atoms with Gasteiger partial charge in [0.2, 0.25) is 0 Å². The summed E-state index contributed by atoms with van der Waals surface area (Å²) in [4.78, 5) is 0. The molecule has 0 bridgehead atoms. The number of rotatable bonds is 4. The molecule has 6 aromatic heterocycles. The highest BCUT2D eigenvalue weighted by Crippen LogP contribution is 2.49. The van der Waals surface area contributed by atoms with Crippen LogP contribution >= 0.6 is 54.5 Å². The van der Waals surface area contributed by atoms with Crippen molar-refractivity contribution in [2.75, 3.05) is 0 Å². The summed E-state index contributed by atoms with van der Waals surface area (Å²) in [7, 11) is 0. The van der Waals surface area contributed by atoms with E-state index in [9.17, 15) is 0 Å². The summed E-state index contributed by atoms with van der Waals surface area (Å²) in [6, 6.07) is 80.9. The second-order valence-corrected chi connectivity index (χ2v) is 23.3. The molecule has 17 rings (SSSR count). The minimum atomic E-state index is 0.990. The van der Waals surface area contributed by atoms with E-state index in [0.29, 0.717) is 0 Å². The number of aromatic nitrogens is 4. The van der Waals surface area contributed by atoms with Gasteiger partial charge in [-0.1, -0.05) is 133 Å². The molecule has 0 amide bonds. The molecule has 0 fully saturated rings. The van der Waals surface area contributed by atoms with E-state index in [1.807, 2.05) is 22.7 Å². The fourth-order valence-corrected chi connectivity index (χ4v) is 16.1. The number of hydrogen-bond acceptors (Lipinski definition) is 2. The van der Waals surface area contributed by atoms with Gasteiger partial charge in [-0.2, -0.15) is 0 Å². The predicted octanol–water partition coefficient (Wildman–Crippen LogP) is 20.3. The molecule has 0 unspecified atom stereocenters. The highest BCUT2D eigenvalue weighted by molar-refractivity contribution is 9.11. The first-order valence-corrected chi connectivity index (χ1v) is 28.0. The van der Waals surface area contributed by atoms with E-state index in [1.165, 1.54) is 117 Å². The molecule has 0 saturated carbocycles. The van der Waals surface area contributed by atoms with Gasteiger partial charge in [0.25, 0.3) is 0 Å². The van der Waals surface area contributed by atoms with Crippen LogP contribution in [0.4, 0.5) is 0 Å². The third-order valence-electron chi connectivity index (χ3n) is 15.7. The van der Waals surface area contributed by atoms with Crippen LogP contribution in [-0.2, 0) is 0 Å². The molecule has 0 N–H and O–H groups in total. The van der Waals surface area contributed by atoms with E-state index in [0.717, 1.165) is 42.7 Å². The molecule has 0 atom stereocenters. The standard InChI is InChI=1S/C66H36Br2N4S2/c67-49-36-60(72-56-32-30-46-44-18-6-12-24-62(44)74-66(46)64(56)48-28-26-38(34-58(48)72)70-53-21-9-3-15-41(53)42-16-4-10-22-54(42)70)50(68)35-59(49)71-55-31-29-45-43-17-5-11-23-61(43)73-65(45)63(55)47-27-25-37(33-57(47)71)69-51-19-7-1-13-39(51)40-14-2-8-20-52(40)69/h1-36H. The van der Waals surface area contributed by atoms with Gasteiger partial charge in [-0.3, -0.25) is 0 Å². The average Bonchev–Trinajstić information content (AvgIpc) is 4.30. The number of benzene rings is 11. The third kappa shape index (κ3) is 5.55. The summed E-state index contributed by atoms with van der Waals surface area (Å²) in [6.07, 6.45) is 0. The first kappa shape index (κ1) is 41.5. The zero-order chi connectivity index (χ0) is 48.5. The van der Waals surface area contributed by atoms with Crippen molar-refractivity contribution in [3.63, 3.8) is 0 Å². The van der Waals surface area contributed by atoms with E-state index in [2.05, 4.69) is 269 Å². The van der Waals surface area contributed by atoms with Crippen molar-refractivity contribution in [2.45, 2.75) is 0 Å². The lowest BCUT2D eigenvalue weighted by molar-refractivity contribution is 1.11. The lowest BCUT2D eigenvalue weighted by atomic mass is 10.1. The van der Waals surface area contributed by atoms with Crippen LogP contribution in [0.3, 0.4) is 0 Å². The Labute approximate surface area is 447 Å². The van der Waals surface area contributed by atoms with Gasteiger partial charge in [0.1, 0.15) is 0 Å². The number of thiophene rings is 2. The van der Waals surface area contributed by atoms with E-state index in [4.69, 9.17) is 0 Å². The van der Waals surface area contributed by atoms with Gasteiger partial charge >= 0.3 is 0 Å². The summed E-state index contributed by atoms with van der Waals surface area (Å²) in [5, 5.41) is 15.2. The molecule has 0 aliphatic carbocycles. The van der Waals surface area contributed by atoms with Crippen LogP contribution in [0.5, 0.6) is 0 Å². The second kappa shape index (κ2) is 15.3. The van der Waals surface area contributed by atoms with Gasteiger partial charge in [0.05, 0.1) is 55.5 Å². The zero-order valence-electron chi connectivity index (χ0n) is 39.1. The molecule has 0 spiro atoms. The summed E-state index contributed by atoms with van der Waals surface area (Å²) < 4.78 is 17.0. The Bertz CT molecular complexity index is 4870. The topological polar surface area (TPSA) is 19.7 Å². The van der Waals surface area contributed by atoms with Crippen LogP contribution in [0, 0.1) is 0 Å². The second-order valence-electron chi connectivity index (χ2n) is 19.4. The summed E-state index contributed by atoms with van der Waals surface area (Å²) in [5.74, 6) is 0. The van der Waals surface area contributed by atoms with Gasteiger partial charge in [0.15, 0.2) is 0 Å². The molecule has 346 valence electrons. The Morgan fingerprint density at radius 1 is 0.257 bits per heavy atom. The minimum Gasteiger partial charge on any atom is -0.309 e. The SMILES string of the molecule is Brc1cc(-n2c3cc(-n4c5ccccc5c5ccccc54)ccc3c3c4sc5ccccc5c4ccc32)c(Br)cc1-n1c2cc(-n3c4ccccc4c4ccccc43)ccc2c2c3sc4ccccc4c3ccc21. The van der Waals surface area contributed by atoms with Gasteiger partial charge in [-0.15, -0.1) is 22.7 Å². The molecule has 0 aliphatic heterocycles. The Morgan fingerprint density at radius 3 is 0.986 bits per heavy atom. The highest BCUT2D eigenvalue weighted by atomic mass is 79.9. The lowest BCUT2D eigenvalue weighted by Crippen LogP contribution is -2.01. The number of hydrogen-bond donors (Lipinski definition) is 0. The molecule has 11 aromatic carbocycles. The molecule has 0 radical (unpaired) electrons. The lowest BCUT2D eigenvalue weighted by Gasteiger charge is -2.17. The quantitative estimate of drug-likeness (QED) is 0.167. The average molecular weight is 1110 g/mol. The smallest absolute Gasteiger partial charge is 0.0617 e. The molecular formula is C66H36Br2N4S2. The van der Waals surface area contributed by atoms with Crippen LogP contribution in [0.25, 0.3) is 150 Å². The van der Waals surface area contributed by atoms with Crippen molar-refractivity contribution in [2.24, 2.45) is 0 Å². The zero-order valence-corrected chi connectivity index (χ0v) is 44.0. The molecule has 8 heteroatoms. The minimum absolute atomic E-state index is 0.990.